The minimum atomic E-state index is 0.373. The Hall–Kier alpha value is -12.2. The second-order valence-corrected chi connectivity index (χ2v) is 29.2. The smallest absolute Gasteiger partial charge is 0.197 e. The molecular formula is C89H62BBr3Cl4N18S. The first-order valence-corrected chi connectivity index (χ1v) is 40.1. The number of imidazole rings is 4. The molecule has 0 fully saturated rings. The SMILES string of the molecule is CB=NSC#N.Clc1ccccc1-c1cn2c(Br)cnc2c(N=C(c2ccccc2)c2ccccc2)n1.Clc1ccccc1-c1cn2ccnc2c(Br)n1.Clc1ccccc1-c1cn2ccnc2c(N=C(c2ccccc2)c2ccccc2)n1.N=C(c1ccccc1)c1ccccc1.Nc1nc(-c2ccccc2Cl)cn2c(Br)cnc12. The number of fused-ring (bicyclic) bond motifs is 4. The molecule has 116 heavy (non-hydrogen) atoms. The molecule has 27 heteroatoms. The normalized spacial score (nSPS) is 10.6. The van der Waals surface area contributed by atoms with Crippen molar-refractivity contribution in [2.75, 3.05) is 5.73 Å². The van der Waals surface area contributed by atoms with Crippen molar-refractivity contribution in [3.8, 4) is 50.4 Å². The van der Waals surface area contributed by atoms with Gasteiger partial charge in [-0.15, -0.1) is 0 Å². The Bertz CT molecular complexity index is 6430. The van der Waals surface area contributed by atoms with Gasteiger partial charge in [0.05, 0.1) is 72.4 Å². The van der Waals surface area contributed by atoms with E-state index in [-0.39, 0.29) is 0 Å². The third kappa shape index (κ3) is 20.5. The van der Waals surface area contributed by atoms with Gasteiger partial charge in [0, 0.05) is 94.1 Å². The van der Waals surface area contributed by atoms with E-state index >= 15 is 0 Å². The van der Waals surface area contributed by atoms with E-state index in [1.807, 2.05) is 334 Å². The number of nitriles is 1. The molecule has 0 spiro atoms. The first kappa shape index (κ1) is 81.8. The molecule has 18 rings (SSSR count). The maximum atomic E-state index is 7.97. The van der Waals surface area contributed by atoms with Crippen molar-refractivity contribution in [2.24, 2.45) is 14.3 Å². The number of nitrogens with one attached hydrogen (secondary N) is 1. The van der Waals surface area contributed by atoms with E-state index in [9.17, 15) is 0 Å². The number of aromatic nitrogens is 12. The molecule has 0 atom stereocenters. The molecule has 566 valence electrons. The summed E-state index contributed by atoms with van der Waals surface area (Å²) in [6, 6.07) is 90.4. The first-order valence-electron chi connectivity index (χ1n) is 35.5. The molecule has 0 aliphatic heterocycles. The van der Waals surface area contributed by atoms with Crippen LogP contribution in [0.2, 0.25) is 26.9 Å². The number of benzene rings is 10. The van der Waals surface area contributed by atoms with Crippen molar-refractivity contribution >= 4 is 170 Å². The summed E-state index contributed by atoms with van der Waals surface area (Å²) in [5.74, 6) is 1.43. The molecule has 8 aromatic heterocycles. The van der Waals surface area contributed by atoms with Gasteiger partial charge in [0.25, 0.3) is 0 Å². The van der Waals surface area contributed by atoms with Crippen molar-refractivity contribution in [1.29, 1.82) is 10.7 Å². The zero-order valence-electron chi connectivity index (χ0n) is 61.2. The van der Waals surface area contributed by atoms with Gasteiger partial charge in [-0.2, -0.15) is 0 Å². The molecule has 0 aliphatic carbocycles. The Morgan fingerprint density at radius 2 is 0.724 bits per heavy atom. The number of hydrogen-bond acceptors (Lipinski definition) is 15. The average Bonchev–Trinajstić information content (AvgIpc) is 1.55. The fraction of sp³-hybridized carbons (Fsp3) is 0.0112. The second kappa shape index (κ2) is 40.2. The number of aliphatic imine (C=N–C) groups is 2. The molecule has 0 amide bonds. The van der Waals surface area contributed by atoms with Gasteiger partial charge in [0.1, 0.15) is 13.8 Å². The number of anilines is 1. The van der Waals surface area contributed by atoms with Crippen LogP contribution >= 0.6 is 106 Å². The fourth-order valence-electron chi connectivity index (χ4n) is 11.7. The Kier molecular flexibility index (Phi) is 28.3. The van der Waals surface area contributed by atoms with E-state index in [1.54, 1.807) is 44.1 Å². The summed E-state index contributed by atoms with van der Waals surface area (Å²) in [5, 5.41) is 20.2. The van der Waals surface area contributed by atoms with Gasteiger partial charge in [-0.25, -0.2) is 49.9 Å². The molecule has 18 nitrogen and oxygen atoms in total. The van der Waals surface area contributed by atoms with Gasteiger partial charge >= 0.3 is 40.8 Å². The molecule has 0 saturated heterocycles. The van der Waals surface area contributed by atoms with Crippen LogP contribution in [-0.2, 0) is 0 Å². The molecule has 8 heterocycles. The predicted octanol–water partition coefficient (Wildman–Crippen LogP) is 24.6. The monoisotopic (exact) mass is 1800 g/mol. The van der Waals surface area contributed by atoms with E-state index in [0.717, 1.165) is 111 Å². The van der Waals surface area contributed by atoms with Crippen molar-refractivity contribution in [3.05, 3.63) is 408 Å². The largest absolute Gasteiger partial charge is 0.381 e. The van der Waals surface area contributed by atoms with E-state index < -0.39 is 0 Å². The zero-order valence-corrected chi connectivity index (χ0v) is 69.8. The van der Waals surface area contributed by atoms with Crippen molar-refractivity contribution in [3.63, 3.8) is 0 Å². The van der Waals surface area contributed by atoms with Gasteiger partial charge in [0.15, 0.2) is 40.0 Å². The van der Waals surface area contributed by atoms with Gasteiger partial charge in [-0.1, -0.05) is 301 Å². The summed E-state index contributed by atoms with van der Waals surface area (Å²) in [6.07, 6.45) is 18.3. The molecule has 0 radical (unpaired) electrons. The molecule has 0 aliphatic rings. The summed E-state index contributed by atoms with van der Waals surface area (Å²) in [5.41, 5.74) is 23.3. The number of nitrogens with two attached hydrogens (primary N) is 1. The van der Waals surface area contributed by atoms with Crippen molar-refractivity contribution in [2.45, 2.75) is 6.82 Å². The summed E-state index contributed by atoms with van der Waals surface area (Å²) in [7, 11) is 1.58. The maximum absolute atomic E-state index is 7.97. The molecule has 10 aromatic carbocycles. The fourth-order valence-corrected chi connectivity index (χ4v) is 14.0. The number of nitrogens with zero attached hydrogens (tertiary/aromatic N) is 16. The summed E-state index contributed by atoms with van der Waals surface area (Å²) in [6.45, 7) is 1.77. The Morgan fingerprint density at radius 3 is 1.10 bits per heavy atom. The van der Waals surface area contributed by atoms with Crippen LogP contribution in [0.15, 0.2) is 369 Å². The number of halogens is 7. The number of rotatable bonds is 13. The molecule has 18 aromatic rings. The minimum Gasteiger partial charge on any atom is -0.381 e. The summed E-state index contributed by atoms with van der Waals surface area (Å²) >= 11 is 36.5. The predicted molar refractivity (Wildman–Crippen MR) is 484 cm³/mol. The second-order valence-electron chi connectivity index (χ2n) is 24.7. The van der Waals surface area contributed by atoms with Crippen LogP contribution in [0.5, 0.6) is 0 Å². The van der Waals surface area contributed by atoms with Crippen LogP contribution in [0, 0.1) is 16.1 Å². The number of hydrogen-bond donors (Lipinski definition) is 2. The maximum Gasteiger partial charge on any atom is 0.197 e. The Balaban J connectivity index is 0.000000128. The number of thiocyanates is 1. The van der Waals surface area contributed by atoms with Gasteiger partial charge in [-0.05, 0) is 83.2 Å². The van der Waals surface area contributed by atoms with E-state index in [2.05, 4.69) is 82.0 Å². The van der Waals surface area contributed by atoms with Crippen molar-refractivity contribution in [1.82, 2.24) is 57.5 Å². The third-order valence-electron chi connectivity index (χ3n) is 17.1. The Labute approximate surface area is 717 Å². The molecule has 3 N–H and O–H groups in total. The van der Waals surface area contributed by atoms with E-state index in [0.29, 0.717) is 70.5 Å². The van der Waals surface area contributed by atoms with Gasteiger partial charge in [0.2, 0.25) is 0 Å². The molecule has 0 unspecified atom stereocenters. The Morgan fingerprint density at radius 1 is 0.405 bits per heavy atom. The summed E-state index contributed by atoms with van der Waals surface area (Å²) in [4.78, 5) is 45.9. The number of nitrogen functional groups attached to an aromatic ring is 1. The zero-order chi connectivity index (χ0) is 80.7. The van der Waals surface area contributed by atoms with Crippen LogP contribution < -0.4 is 5.73 Å². The third-order valence-corrected chi connectivity index (χ3v) is 20.6. The molecule has 0 saturated carbocycles. The topological polar surface area (TPSA) is 232 Å². The van der Waals surface area contributed by atoms with Crippen LogP contribution in [0.25, 0.3) is 67.6 Å². The van der Waals surface area contributed by atoms with Gasteiger partial charge in [-0.3, -0.25) is 14.2 Å². The average molecular weight is 1810 g/mol. The molecular weight excluding hydrogens is 1750 g/mol. The van der Waals surface area contributed by atoms with Crippen molar-refractivity contribution < 1.29 is 0 Å². The minimum absolute atomic E-state index is 0.373. The van der Waals surface area contributed by atoms with Crippen LogP contribution in [-0.4, -0.2) is 81.7 Å². The standard InChI is InChI=1S/C25H16BrClN4.C25H17ClN4.C13H11N.C12H8BrClN4.C12H7BrClN3.C2H3BN2S/c26-22-15-28-25-24(29-21(16-31(22)25)19-13-7-8-14-20(19)27)30-23(17-9-3-1-4-10-17)18-11-5-2-6-12-18;26-21-14-8-7-13-20(21)22-17-30-16-15-27-25(30)24(28-22)29-23(18-9-3-1-4-10-18)19-11-5-2-6-12-19;14-13(11-7-3-1-4-8-11)12-9-5-2-6-10-12;13-10-5-16-12-11(15)17-9(6-18(10)12)7-3-1-2-4-8(7)14;13-11-12-15-5-6-17(12)7-10(16-11)8-3-1-2-4-9(8)14;1-3-5-6-2-4/h1-16H;1-17H;1-10,14H;1-6H,(H2,15,17);1-7H;1H3. The van der Waals surface area contributed by atoms with E-state index in [1.165, 1.54) is 0 Å². The molecule has 0 bridgehead atoms. The summed E-state index contributed by atoms with van der Waals surface area (Å²) < 4.78 is 13.5. The van der Waals surface area contributed by atoms with E-state index in [4.69, 9.17) is 82.8 Å². The van der Waals surface area contributed by atoms with Crippen LogP contribution in [0.1, 0.15) is 33.4 Å². The van der Waals surface area contributed by atoms with Crippen LogP contribution in [0.4, 0.5) is 17.5 Å². The van der Waals surface area contributed by atoms with Crippen LogP contribution in [0.3, 0.4) is 0 Å². The van der Waals surface area contributed by atoms with Gasteiger partial charge < -0.3 is 14.5 Å². The first-order chi connectivity index (χ1) is 56.7. The quantitative estimate of drug-likeness (QED) is 0.0477.